The molecule has 1 fully saturated rings. The lowest BCUT2D eigenvalue weighted by molar-refractivity contribution is 0.0357. The van der Waals surface area contributed by atoms with Crippen molar-refractivity contribution in [3.8, 4) is 0 Å². The molecule has 3 heteroatoms. The van der Waals surface area contributed by atoms with Crippen molar-refractivity contribution in [3.63, 3.8) is 0 Å². The van der Waals surface area contributed by atoms with Gasteiger partial charge < -0.3 is 14.8 Å². The summed E-state index contributed by atoms with van der Waals surface area (Å²) in [6, 6.07) is 0. The molecule has 0 amide bonds. The zero-order valence-electron chi connectivity index (χ0n) is 8.93. The van der Waals surface area contributed by atoms with E-state index in [1.807, 2.05) is 0 Å². The van der Waals surface area contributed by atoms with E-state index in [9.17, 15) is 0 Å². The summed E-state index contributed by atoms with van der Waals surface area (Å²) in [5.41, 5.74) is 0.255. The highest BCUT2D eigenvalue weighted by Gasteiger charge is 2.26. The van der Waals surface area contributed by atoms with Crippen LogP contribution in [-0.4, -0.2) is 38.5 Å². The Kier molecular flexibility index (Phi) is 4.16. The first-order chi connectivity index (χ1) is 6.16. The average molecular weight is 187 g/mol. The number of methoxy groups -OCH3 is 1. The number of rotatable bonds is 4. The van der Waals surface area contributed by atoms with Crippen molar-refractivity contribution < 1.29 is 9.47 Å². The first kappa shape index (κ1) is 11.0. The average Bonchev–Trinajstić information content (AvgIpc) is 2.15. The summed E-state index contributed by atoms with van der Waals surface area (Å²) in [6.45, 7) is 7.02. The zero-order chi connectivity index (χ0) is 9.73. The molecule has 0 aromatic heterocycles. The van der Waals surface area contributed by atoms with Crippen LogP contribution in [0.5, 0.6) is 0 Å². The van der Waals surface area contributed by atoms with Crippen molar-refractivity contribution in [2.75, 3.05) is 26.9 Å². The fourth-order valence-corrected chi connectivity index (χ4v) is 1.47. The minimum atomic E-state index is 0.255. The van der Waals surface area contributed by atoms with Gasteiger partial charge in [0.25, 0.3) is 0 Å². The van der Waals surface area contributed by atoms with Crippen LogP contribution in [0.3, 0.4) is 0 Å². The van der Waals surface area contributed by atoms with Crippen molar-refractivity contribution in [1.29, 1.82) is 0 Å². The molecule has 0 spiro atoms. The van der Waals surface area contributed by atoms with E-state index in [2.05, 4.69) is 19.2 Å². The SMILES string of the molecule is COC(C)CNC1(C)CCOCC1. The third kappa shape index (κ3) is 3.63. The lowest BCUT2D eigenvalue weighted by Gasteiger charge is -2.35. The van der Waals surface area contributed by atoms with Gasteiger partial charge in [-0.05, 0) is 26.7 Å². The van der Waals surface area contributed by atoms with Crippen molar-refractivity contribution in [2.45, 2.75) is 38.3 Å². The fourth-order valence-electron chi connectivity index (χ4n) is 1.47. The molecule has 1 unspecified atom stereocenters. The Labute approximate surface area is 80.8 Å². The highest BCUT2D eigenvalue weighted by Crippen LogP contribution is 2.19. The standard InChI is InChI=1S/C10H21NO2/c1-9(12-3)8-11-10(2)4-6-13-7-5-10/h9,11H,4-8H2,1-3H3. The molecule has 3 nitrogen and oxygen atoms in total. The molecule has 0 radical (unpaired) electrons. The number of ether oxygens (including phenoxy) is 2. The van der Waals surface area contributed by atoms with Crippen LogP contribution in [0, 0.1) is 0 Å². The van der Waals surface area contributed by atoms with Gasteiger partial charge in [-0.25, -0.2) is 0 Å². The maximum atomic E-state index is 5.33. The number of hydrogen-bond acceptors (Lipinski definition) is 3. The van der Waals surface area contributed by atoms with Crippen LogP contribution < -0.4 is 5.32 Å². The summed E-state index contributed by atoms with van der Waals surface area (Å²) in [5, 5.41) is 3.54. The van der Waals surface area contributed by atoms with Crippen molar-refractivity contribution in [3.05, 3.63) is 0 Å². The second-order valence-corrected chi connectivity index (χ2v) is 4.10. The van der Waals surface area contributed by atoms with Crippen molar-refractivity contribution >= 4 is 0 Å². The van der Waals surface area contributed by atoms with Gasteiger partial charge in [0.15, 0.2) is 0 Å². The highest BCUT2D eigenvalue weighted by molar-refractivity contribution is 4.85. The Morgan fingerprint density at radius 3 is 2.62 bits per heavy atom. The fraction of sp³-hybridized carbons (Fsp3) is 1.00. The van der Waals surface area contributed by atoms with Crippen LogP contribution in [0.15, 0.2) is 0 Å². The van der Waals surface area contributed by atoms with Gasteiger partial charge >= 0.3 is 0 Å². The second kappa shape index (κ2) is 4.94. The van der Waals surface area contributed by atoms with Crippen LogP contribution >= 0.6 is 0 Å². The molecule has 0 bridgehead atoms. The molecule has 1 aliphatic rings. The smallest absolute Gasteiger partial charge is 0.0667 e. The van der Waals surface area contributed by atoms with E-state index >= 15 is 0 Å². The van der Waals surface area contributed by atoms with E-state index in [1.165, 1.54) is 0 Å². The van der Waals surface area contributed by atoms with Gasteiger partial charge in [-0.15, -0.1) is 0 Å². The Morgan fingerprint density at radius 1 is 1.46 bits per heavy atom. The molecule has 78 valence electrons. The quantitative estimate of drug-likeness (QED) is 0.717. The Bertz CT molecular complexity index is 144. The van der Waals surface area contributed by atoms with Crippen LogP contribution in [0.1, 0.15) is 26.7 Å². The molecule has 0 aliphatic carbocycles. The molecule has 13 heavy (non-hydrogen) atoms. The monoisotopic (exact) mass is 187 g/mol. The summed E-state index contributed by atoms with van der Waals surface area (Å²) in [5.74, 6) is 0. The van der Waals surface area contributed by atoms with Crippen LogP contribution in [0.25, 0.3) is 0 Å². The van der Waals surface area contributed by atoms with E-state index in [0.29, 0.717) is 6.10 Å². The number of nitrogens with one attached hydrogen (secondary N) is 1. The molecule has 1 heterocycles. The maximum Gasteiger partial charge on any atom is 0.0667 e. The normalized spacial score (nSPS) is 24.2. The molecule has 1 saturated heterocycles. The maximum absolute atomic E-state index is 5.33. The first-order valence-electron chi connectivity index (χ1n) is 5.02. The van der Waals surface area contributed by atoms with Gasteiger partial charge in [-0.2, -0.15) is 0 Å². The molecule has 1 rings (SSSR count). The molecular weight excluding hydrogens is 166 g/mol. The summed E-state index contributed by atoms with van der Waals surface area (Å²) in [4.78, 5) is 0. The van der Waals surface area contributed by atoms with Crippen LogP contribution in [0.4, 0.5) is 0 Å². The van der Waals surface area contributed by atoms with Crippen molar-refractivity contribution in [2.24, 2.45) is 0 Å². The molecule has 0 aromatic rings. The molecule has 0 saturated carbocycles. The lowest BCUT2D eigenvalue weighted by atomic mass is 9.92. The lowest BCUT2D eigenvalue weighted by Crippen LogP contribution is -2.49. The summed E-state index contributed by atoms with van der Waals surface area (Å²) in [7, 11) is 1.75. The summed E-state index contributed by atoms with van der Waals surface area (Å²) >= 11 is 0. The molecular formula is C10H21NO2. The van der Waals surface area contributed by atoms with E-state index in [4.69, 9.17) is 9.47 Å². The Balaban J connectivity index is 2.24. The van der Waals surface area contributed by atoms with Gasteiger partial charge in [-0.3, -0.25) is 0 Å². The third-order valence-electron chi connectivity index (χ3n) is 2.82. The topological polar surface area (TPSA) is 30.5 Å². The summed E-state index contributed by atoms with van der Waals surface area (Å²) in [6.07, 6.45) is 2.49. The van der Waals surface area contributed by atoms with Gasteiger partial charge in [0, 0.05) is 32.4 Å². The predicted molar refractivity (Wildman–Crippen MR) is 52.9 cm³/mol. The first-order valence-corrected chi connectivity index (χ1v) is 5.02. The molecule has 1 N–H and O–H groups in total. The third-order valence-corrected chi connectivity index (χ3v) is 2.82. The van der Waals surface area contributed by atoms with E-state index in [0.717, 1.165) is 32.6 Å². The van der Waals surface area contributed by atoms with E-state index < -0.39 is 0 Å². The van der Waals surface area contributed by atoms with Crippen molar-refractivity contribution in [1.82, 2.24) is 5.32 Å². The second-order valence-electron chi connectivity index (χ2n) is 4.10. The highest BCUT2D eigenvalue weighted by atomic mass is 16.5. The van der Waals surface area contributed by atoms with Gasteiger partial charge in [-0.1, -0.05) is 0 Å². The van der Waals surface area contributed by atoms with Gasteiger partial charge in [0.05, 0.1) is 6.10 Å². The Hall–Kier alpha value is -0.120. The van der Waals surface area contributed by atoms with Crippen LogP contribution in [0.2, 0.25) is 0 Å². The predicted octanol–water partition coefficient (Wildman–Crippen LogP) is 1.18. The molecule has 1 atom stereocenters. The van der Waals surface area contributed by atoms with Crippen LogP contribution in [-0.2, 0) is 9.47 Å². The van der Waals surface area contributed by atoms with Gasteiger partial charge in [0.1, 0.15) is 0 Å². The largest absolute Gasteiger partial charge is 0.381 e. The minimum Gasteiger partial charge on any atom is -0.381 e. The zero-order valence-corrected chi connectivity index (χ0v) is 8.93. The van der Waals surface area contributed by atoms with E-state index in [1.54, 1.807) is 7.11 Å². The van der Waals surface area contributed by atoms with E-state index in [-0.39, 0.29) is 5.54 Å². The molecule has 1 aliphatic heterocycles. The van der Waals surface area contributed by atoms with Gasteiger partial charge in [0.2, 0.25) is 0 Å². The minimum absolute atomic E-state index is 0.255. The Morgan fingerprint density at radius 2 is 2.08 bits per heavy atom. The summed E-state index contributed by atoms with van der Waals surface area (Å²) < 4.78 is 10.5. The molecule has 0 aromatic carbocycles. The number of hydrogen-bond donors (Lipinski definition) is 1.